The first-order valence-electron chi connectivity index (χ1n) is 6.41. The number of benzene rings is 2. The molecule has 1 atom stereocenters. The van der Waals surface area contributed by atoms with Gasteiger partial charge in [-0.2, -0.15) is 0 Å². The van der Waals surface area contributed by atoms with Crippen molar-refractivity contribution in [1.29, 1.82) is 0 Å². The third-order valence-corrected chi connectivity index (χ3v) is 3.25. The van der Waals surface area contributed by atoms with Crippen LogP contribution in [0, 0.1) is 0 Å². The van der Waals surface area contributed by atoms with Crippen molar-refractivity contribution in [2.45, 2.75) is 19.1 Å². The van der Waals surface area contributed by atoms with Crippen molar-refractivity contribution in [3.05, 3.63) is 59.7 Å². The number of rotatable bonds is 5. The second kappa shape index (κ2) is 8.02. The van der Waals surface area contributed by atoms with Gasteiger partial charge in [0.05, 0.1) is 6.61 Å². The van der Waals surface area contributed by atoms with Crippen molar-refractivity contribution in [3.8, 4) is 11.1 Å². The fraction of sp³-hybridized carbons (Fsp3) is 0.250. The third kappa shape index (κ3) is 3.81. The Bertz CT molecular complexity index is 546. The topological polar surface area (TPSA) is 66.5 Å². The SMILES string of the molecule is Cl.NC(CCO)c1cccc(-c2ccccc2CO)c1. The highest BCUT2D eigenvalue weighted by molar-refractivity contribution is 5.85. The van der Waals surface area contributed by atoms with E-state index in [-0.39, 0.29) is 31.7 Å². The minimum absolute atomic E-state index is 0. The number of aliphatic hydroxyl groups excluding tert-OH is 2. The van der Waals surface area contributed by atoms with E-state index < -0.39 is 0 Å². The molecule has 0 aliphatic rings. The molecule has 108 valence electrons. The van der Waals surface area contributed by atoms with E-state index in [2.05, 4.69) is 0 Å². The Morgan fingerprint density at radius 3 is 2.45 bits per heavy atom. The highest BCUT2D eigenvalue weighted by Crippen LogP contribution is 2.26. The van der Waals surface area contributed by atoms with Gasteiger partial charge in [-0.15, -0.1) is 12.4 Å². The average molecular weight is 294 g/mol. The summed E-state index contributed by atoms with van der Waals surface area (Å²) in [6.45, 7) is 0.0989. The van der Waals surface area contributed by atoms with Crippen LogP contribution in [-0.4, -0.2) is 16.8 Å². The molecule has 0 spiro atoms. The average Bonchev–Trinajstić information content (AvgIpc) is 2.47. The summed E-state index contributed by atoms with van der Waals surface area (Å²) in [5.74, 6) is 0. The summed E-state index contributed by atoms with van der Waals surface area (Å²) in [5.41, 5.74) is 9.97. The molecule has 0 saturated heterocycles. The molecule has 0 radical (unpaired) electrons. The monoisotopic (exact) mass is 293 g/mol. The summed E-state index contributed by atoms with van der Waals surface area (Å²) in [6, 6.07) is 15.6. The first-order chi connectivity index (χ1) is 9.26. The Kier molecular flexibility index (Phi) is 6.68. The molecule has 0 fully saturated rings. The minimum atomic E-state index is -0.161. The molecule has 0 aromatic heterocycles. The Morgan fingerprint density at radius 2 is 1.75 bits per heavy atom. The van der Waals surface area contributed by atoms with Gasteiger partial charge in [0, 0.05) is 12.6 Å². The van der Waals surface area contributed by atoms with E-state index in [1.54, 1.807) is 0 Å². The van der Waals surface area contributed by atoms with Crippen LogP contribution < -0.4 is 5.73 Å². The standard InChI is InChI=1S/C16H19NO2.ClH/c17-16(8-9-18)13-6-3-5-12(10-13)15-7-2-1-4-14(15)11-19;/h1-7,10,16,18-19H,8-9,11,17H2;1H. The van der Waals surface area contributed by atoms with Crippen LogP contribution in [0.15, 0.2) is 48.5 Å². The molecule has 0 bridgehead atoms. The first kappa shape index (κ1) is 16.7. The second-order valence-electron chi connectivity index (χ2n) is 4.56. The fourth-order valence-corrected chi connectivity index (χ4v) is 2.18. The van der Waals surface area contributed by atoms with E-state index in [0.29, 0.717) is 6.42 Å². The van der Waals surface area contributed by atoms with Crippen molar-refractivity contribution in [1.82, 2.24) is 0 Å². The molecule has 3 nitrogen and oxygen atoms in total. The normalized spacial score (nSPS) is 11.8. The number of hydrogen-bond donors (Lipinski definition) is 3. The molecule has 4 heteroatoms. The first-order valence-corrected chi connectivity index (χ1v) is 6.41. The maximum absolute atomic E-state index is 9.38. The summed E-state index contributed by atoms with van der Waals surface area (Å²) in [4.78, 5) is 0. The summed E-state index contributed by atoms with van der Waals surface area (Å²) >= 11 is 0. The summed E-state index contributed by atoms with van der Waals surface area (Å²) in [7, 11) is 0. The zero-order valence-electron chi connectivity index (χ0n) is 11.2. The Labute approximate surface area is 125 Å². The van der Waals surface area contributed by atoms with Crippen LogP contribution in [0.5, 0.6) is 0 Å². The number of aliphatic hydroxyl groups is 2. The lowest BCUT2D eigenvalue weighted by atomic mass is 9.96. The van der Waals surface area contributed by atoms with Gasteiger partial charge in [0.2, 0.25) is 0 Å². The largest absolute Gasteiger partial charge is 0.396 e. The van der Waals surface area contributed by atoms with E-state index >= 15 is 0 Å². The van der Waals surface area contributed by atoms with Gasteiger partial charge in [-0.3, -0.25) is 0 Å². The van der Waals surface area contributed by atoms with Crippen molar-refractivity contribution in [2.75, 3.05) is 6.61 Å². The zero-order valence-corrected chi connectivity index (χ0v) is 12.0. The molecule has 0 aliphatic carbocycles. The lowest BCUT2D eigenvalue weighted by molar-refractivity contribution is 0.276. The maximum atomic E-state index is 9.38. The van der Waals surface area contributed by atoms with Crippen LogP contribution in [0.25, 0.3) is 11.1 Å². The zero-order chi connectivity index (χ0) is 13.7. The molecule has 20 heavy (non-hydrogen) atoms. The van der Waals surface area contributed by atoms with Crippen molar-refractivity contribution < 1.29 is 10.2 Å². The van der Waals surface area contributed by atoms with Crippen molar-refractivity contribution in [3.63, 3.8) is 0 Å². The molecule has 0 saturated carbocycles. The highest BCUT2D eigenvalue weighted by Gasteiger charge is 2.08. The fourth-order valence-electron chi connectivity index (χ4n) is 2.18. The van der Waals surface area contributed by atoms with Gasteiger partial charge in [-0.1, -0.05) is 42.5 Å². The van der Waals surface area contributed by atoms with Crippen LogP contribution in [-0.2, 0) is 6.61 Å². The van der Waals surface area contributed by atoms with Crippen LogP contribution in [0.2, 0.25) is 0 Å². The molecule has 2 aromatic rings. The van der Waals surface area contributed by atoms with Gasteiger partial charge in [0.25, 0.3) is 0 Å². The summed E-state index contributed by atoms with van der Waals surface area (Å²) in [6.07, 6.45) is 0.547. The van der Waals surface area contributed by atoms with E-state index in [1.807, 2.05) is 48.5 Å². The van der Waals surface area contributed by atoms with Gasteiger partial charge < -0.3 is 15.9 Å². The highest BCUT2D eigenvalue weighted by atomic mass is 35.5. The Hall–Kier alpha value is -1.39. The Morgan fingerprint density at radius 1 is 1.00 bits per heavy atom. The predicted octanol–water partition coefficient (Wildman–Crippen LogP) is 2.65. The molecular weight excluding hydrogens is 274 g/mol. The second-order valence-corrected chi connectivity index (χ2v) is 4.56. The third-order valence-electron chi connectivity index (χ3n) is 3.25. The summed E-state index contributed by atoms with van der Waals surface area (Å²) in [5, 5.41) is 18.3. The van der Waals surface area contributed by atoms with Gasteiger partial charge in [-0.25, -0.2) is 0 Å². The molecular formula is C16H20ClNO2. The van der Waals surface area contributed by atoms with E-state index in [9.17, 15) is 5.11 Å². The lowest BCUT2D eigenvalue weighted by Crippen LogP contribution is -2.11. The van der Waals surface area contributed by atoms with Crippen LogP contribution in [0.4, 0.5) is 0 Å². The van der Waals surface area contributed by atoms with E-state index in [0.717, 1.165) is 22.3 Å². The minimum Gasteiger partial charge on any atom is -0.396 e. The van der Waals surface area contributed by atoms with Gasteiger partial charge in [0.1, 0.15) is 0 Å². The van der Waals surface area contributed by atoms with Crippen molar-refractivity contribution >= 4 is 12.4 Å². The molecule has 2 aromatic carbocycles. The quantitative estimate of drug-likeness (QED) is 0.794. The molecule has 2 rings (SSSR count). The van der Waals surface area contributed by atoms with Crippen LogP contribution in [0.1, 0.15) is 23.6 Å². The van der Waals surface area contributed by atoms with E-state index in [1.165, 1.54) is 0 Å². The van der Waals surface area contributed by atoms with Gasteiger partial charge in [0.15, 0.2) is 0 Å². The van der Waals surface area contributed by atoms with Crippen molar-refractivity contribution in [2.24, 2.45) is 5.73 Å². The Balaban J connectivity index is 0.00000200. The molecule has 1 unspecified atom stereocenters. The molecule has 0 aliphatic heterocycles. The van der Waals surface area contributed by atoms with E-state index in [4.69, 9.17) is 10.8 Å². The van der Waals surface area contributed by atoms with Gasteiger partial charge >= 0.3 is 0 Å². The number of nitrogens with two attached hydrogens (primary N) is 1. The van der Waals surface area contributed by atoms with Crippen LogP contribution in [0.3, 0.4) is 0 Å². The smallest absolute Gasteiger partial charge is 0.0687 e. The van der Waals surface area contributed by atoms with Crippen LogP contribution >= 0.6 is 12.4 Å². The lowest BCUT2D eigenvalue weighted by Gasteiger charge is -2.13. The molecule has 0 heterocycles. The van der Waals surface area contributed by atoms with Gasteiger partial charge in [-0.05, 0) is 34.7 Å². The predicted molar refractivity (Wildman–Crippen MR) is 83.7 cm³/mol. The maximum Gasteiger partial charge on any atom is 0.0687 e. The molecule has 4 N–H and O–H groups in total. The number of halogens is 1. The number of hydrogen-bond acceptors (Lipinski definition) is 3. The summed E-state index contributed by atoms with van der Waals surface area (Å²) < 4.78 is 0. The molecule has 0 amide bonds.